The molecule has 0 aliphatic heterocycles. The van der Waals surface area contributed by atoms with Gasteiger partial charge >= 0.3 is 6.18 Å². The molecule has 0 saturated heterocycles. The molecule has 0 atom stereocenters. The topological polar surface area (TPSA) is 48.9 Å². The number of benzene rings is 1. The molecule has 6 heteroatoms. The highest BCUT2D eigenvalue weighted by molar-refractivity contribution is 5.87. The number of alkyl halides is 3. The van der Waals surface area contributed by atoms with Crippen molar-refractivity contribution < 1.29 is 18.3 Å². The van der Waals surface area contributed by atoms with Gasteiger partial charge in [-0.2, -0.15) is 18.3 Å². The van der Waals surface area contributed by atoms with E-state index in [4.69, 9.17) is 0 Å². The van der Waals surface area contributed by atoms with E-state index >= 15 is 0 Å². The van der Waals surface area contributed by atoms with Crippen molar-refractivity contribution in [3.05, 3.63) is 23.9 Å². The standard InChI is InChI=1S/C8H5F3N2O/c9-8(10,11)7-6-4(12-13-7)2-1-3-5(6)14/h1-3,14H,(H,12,13). The van der Waals surface area contributed by atoms with Crippen LogP contribution in [0.2, 0.25) is 0 Å². The van der Waals surface area contributed by atoms with Crippen LogP contribution in [0.15, 0.2) is 18.2 Å². The van der Waals surface area contributed by atoms with E-state index < -0.39 is 17.6 Å². The molecule has 1 heterocycles. The minimum atomic E-state index is -4.56. The number of aromatic nitrogens is 2. The van der Waals surface area contributed by atoms with Crippen LogP contribution in [0.25, 0.3) is 10.9 Å². The number of hydrogen-bond acceptors (Lipinski definition) is 2. The Bertz CT molecular complexity index is 475. The van der Waals surface area contributed by atoms with Gasteiger partial charge in [0.15, 0.2) is 5.69 Å². The smallest absolute Gasteiger partial charge is 0.435 e. The predicted octanol–water partition coefficient (Wildman–Crippen LogP) is 2.29. The van der Waals surface area contributed by atoms with Gasteiger partial charge in [-0.3, -0.25) is 5.10 Å². The summed E-state index contributed by atoms with van der Waals surface area (Å²) >= 11 is 0. The summed E-state index contributed by atoms with van der Waals surface area (Å²) < 4.78 is 37.0. The normalized spacial score (nSPS) is 12.2. The Morgan fingerprint density at radius 1 is 1.29 bits per heavy atom. The molecule has 0 aliphatic rings. The molecule has 74 valence electrons. The van der Waals surface area contributed by atoms with Crippen molar-refractivity contribution in [1.29, 1.82) is 0 Å². The number of hydrogen-bond donors (Lipinski definition) is 2. The van der Waals surface area contributed by atoms with Crippen LogP contribution in [0.3, 0.4) is 0 Å². The zero-order valence-corrected chi connectivity index (χ0v) is 6.76. The molecule has 0 saturated carbocycles. The lowest BCUT2D eigenvalue weighted by Gasteiger charge is -2.02. The minimum absolute atomic E-state index is 0.164. The molecule has 2 N–H and O–H groups in total. The Labute approximate surface area is 76.2 Å². The summed E-state index contributed by atoms with van der Waals surface area (Å²) in [5.41, 5.74) is -0.928. The highest BCUT2D eigenvalue weighted by Crippen LogP contribution is 2.36. The molecular formula is C8H5F3N2O. The average Bonchev–Trinajstić information content (AvgIpc) is 2.47. The molecule has 2 aromatic rings. The molecule has 0 radical (unpaired) electrons. The second-order valence-corrected chi connectivity index (χ2v) is 2.77. The van der Waals surface area contributed by atoms with Gasteiger partial charge in [-0.15, -0.1) is 0 Å². The van der Waals surface area contributed by atoms with Gasteiger partial charge in [-0.05, 0) is 12.1 Å². The molecule has 1 aromatic carbocycles. The van der Waals surface area contributed by atoms with Crippen molar-refractivity contribution in [3.63, 3.8) is 0 Å². The van der Waals surface area contributed by atoms with Crippen molar-refractivity contribution >= 4 is 10.9 Å². The summed E-state index contributed by atoms with van der Waals surface area (Å²) in [5.74, 6) is -0.427. The van der Waals surface area contributed by atoms with Gasteiger partial charge in [0.25, 0.3) is 0 Å². The van der Waals surface area contributed by atoms with E-state index in [0.717, 1.165) is 0 Å². The Kier molecular flexibility index (Phi) is 1.67. The molecule has 0 fully saturated rings. The van der Waals surface area contributed by atoms with Crippen LogP contribution >= 0.6 is 0 Å². The van der Waals surface area contributed by atoms with Gasteiger partial charge < -0.3 is 5.11 Å². The molecule has 0 bridgehead atoms. The maximum atomic E-state index is 12.3. The molecule has 0 unspecified atom stereocenters. The van der Waals surface area contributed by atoms with Crippen molar-refractivity contribution in [2.75, 3.05) is 0 Å². The largest absolute Gasteiger partial charge is 0.507 e. The Morgan fingerprint density at radius 3 is 2.64 bits per heavy atom. The van der Waals surface area contributed by atoms with Gasteiger partial charge in [-0.1, -0.05) is 6.07 Å². The van der Waals surface area contributed by atoms with Crippen molar-refractivity contribution in [2.24, 2.45) is 0 Å². The van der Waals surface area contributed by atoms with Crippen molar-refractivity contribution in [3.8, 4) is 5.75 Å². The van der Waals surface area contributed by atoms with Crippen LogP contribution in [-0.2, 0) is 6.18 Å². The summed E-state index contributed by atoms with van der Waals surface area (Å²) in [6.07, 6.45) is -4.56. The van der Waals surface area contributed by atoms with Gasteiger partial charge in [0.05, 0.1) is 10.9 Å². The van der Waals surface area contributed by atoms with E-state index in [2.05, 4.69) is 10.2 Å². The highest BCUT2D eigenvalue weighted by atomic mass is 19.4. The van der Waals surface area contributed by atoms with E-state index in [1.165, 1.54) is 18.2 Å². The number of rotatable bonds is 0. The number of aromatic amines is 1. The van der Waals surface area contributed by atoms with E-state index in [-0.39, 0.29) is 10.9 Å². The summed E-state index contributed by atoms with van der Waals surface area (Å²) in [4.78, 5) is 0. The highest BCUT2D eigenvalue weighted by Gasteiger charge is 2.36. The third-order valence-corrected chi connectivity index (χ3v) is 1.84. The first-order chi connectivity index (χ1) is 6.50. The van der Waals surface area contributed by atoms with Crippen LogP contribution < -0.4 is 0 Å². The third kappa shape index (κ3) is 1.19. The molecule has 2 rings (SSSR count). The molecular weight excluding hydrogens is 197 g/mol. The maximum Gasteiger partial charge on any atom is 0.435 e. The lowest BCUT2D eigenvalue weighted by Crippen LogP contribution is -2.05. The van der Waals surface area contributed by atoms with Gasteiger partial charge in [0.2, 0.25) is 0 Å². The van der Waals surface area contributed by atoms with E-state index in [1.807, 2.05) is 0 Å². The van der Waals surface area contributed by atoms with Crippen molar-refractivity contribution in [1.82, 2.24) is 10.2 Å². The van der Waals surface area contributed by atoms with Gasteiger partial charge in [0.1, 0.15) is 5.75 Å². The predicted molar refractivity (Wildman–Crippen MR) is 42.8 cm³/mol. The van der Waals surface area contributed by atoms with Crippen molar-refractivity contribution in [2.45, 2.75) is 6.18 Å². The van der Waals surface area contributed by atoms with Gasteiger partial charge in [0, 0.05) is 0 Å². The number of nitrogens with one attached hydrogen (secondary N) is 1. The third-order valence-electron chi connectivity index (χ3n) is 1.84. The van der Waals surface area contributed by atoms with Crippen LogP contribution in [-0.4, -0.2) is 15.3 Å². The molecule has 3 nitrogen and oxygen atoms in total. The SMILES string of the molecule is Oc1cccc2[nH]nc(C(F)(F)F)c12. The number of phenols is 1. The summed E-state index contributed by atoms with van der Waals surface area (Å²) in [7, 11) is 0. The second-order valence-electron chi connectivity index (χ2n) is 2.77. The fourth-order valence-electron chi connectivity index (χ4n) is 1.26. The Morgan fingerprint density at radius 2 is 2.00 bits per heavy atom. The average molecular weight is 202 g/mol. The lowest BCUT2D eigenvalue weighted by atomic mass is 10.2. The monoisotopic (exact) mass is 202 g/mol. The van der Waals surface area contributed by atoms with Crippen LogP contribution in [0.4, 0.5) is 13.2 Å². The zero-order valence-electron chi connectivity index (χ0n) is 6.76. The van der Waals surface area contributed by atoms with Crippen LogP contribution in [0.5, 0.6) is 5.75 Å². The summed E-state index contributed by atoms with van der Waals surface area (Å²) in [6, 6.07) is 4.04. The molecule has 0 amide bonds. The lowest BCUT2D eigenvalue weighted by molar-refractivity contribution is -0.140. The van der Waals surface area contributed by atoms with Crippen LogP contribution in [0, 0.1) is 0 Å². The quantitative estimate of drug-likeness (QED) is 0.688. The van der Waals surface area contributed by atoms with Crippen LogP contribution in [0.1, 0.15) is 5.69 Å². The second kappa shape index (κ2) is 2.63. The summed E-state index contributed by atoms with van der Waals surface area (Å²) in [6.45, 7) is 0. The number of fused-ring (bicyclic) bond motifs is 1. The molecule has 1 aromatic heterocycles. The van der Waals surface area contributed by atoms with E-state index in [0.29, 0.717) is 0 Å². The fraction of sp³-hybridized carbons (Fsp3) is 0.125. The van der Waals surface area contributed by atoms with E-state index in [9.17, 15) is 18.3 Å². The number of H-pyrrole nitrogens is 1. The first kappa shape index (κ1) is 8.86. The van der Waals surface area contributed by atoms with E-state index in [1.54, 1.807) is 0 Å². The Hall–Kier alpha value is -1.72. The minimum Gasteiger partial charge on any atom is -0.507 e. The molecule has 0 aliphatic carbocycles. The molecule has 0 spiro atoms. The number of halogens is 3. The number of nitrogens with zero attached hydrogens (tertiary/aromatic N) is 1. The number of aromatic hydroxyl groups is 1. The van der Waals surface area contributed by atoms with Gasteiger partial charge in [-0.25, -0.2) is 0 Å². The Balaban J connectivity index is 2.80. The first-order valence-electron chi connectivity index (χ1n) is 3.73. The fourth-order valence-corrected chi connectivity index (χ4v) is 1.26. The molecule has 14 heavy (non-hydrogen) atoms. The maximum absolute atomic E-state index is 12.3. The zero-order chi connectivity index (χ0) is 10.3. The first-order valence-corrected chi connectivity index (χ1v) is 3.73. The summed E-state index contributed by atoms with van der Waals surface area (Å²) in [5, 5.41) is 14.3. The number of phenolic OH excluding ortho intramolecular Hbond substituents is 1.